The molecule has 0 saturated carbocycles. The van der Waals surface area contributed by atoms with Gasteiger partial charge in [-0.3, -0.25) is 0 Å². The van der Waals surface area contributed by atoms with Crippen LogP contribution in [-0.2, 0) is 5.41 Å². The molecule has 2 aliphatic rings. The summed E-state index contributed by atoms with van der Waals surface area (Å²) in [7, 11) is 0. The third-order valence-electron chi connectivity index (χ3n) is 11.7. The van der Waals surface area contributed by atoms with E-state index in [2.05, 4.69) is 198 Å². The Balaban J connectivity index is 1.11. The van der Waals surface area contributed by atoms with Crippen LogP contribution in [0.5, 0.6) is 0 Å². The molecule has 56 heavy (non-hydrogen) atoms. The Morgan fingerprint density at radius 3 is 1.41 bits per heavy atom. The molecule has 9 aromatic rings. The lowest BCUT2D eigenvalue weighted by Crippen LogP contribution is -2.42. The minimum atomic E-state index is -0.804. The van der Waals surface area contributed by atoms with Crippen molar-refractivity contribution in [1.82, 2.24) is 0 Å². The van der Waals surface area contributed by atoms with Crippen LogP contribution in [0.15, 0.2) is 212 Å². The highest BCUT2D eigenvalue weighted by atomic mass is 19.1. The van der Waals surface area contributed by atoms with Crippen LogP contribution in [0.4, 0.5) is 38.5 Å². The van der Waals surface area contributed by atoms with Crippen LogP contribution in [0.1, 0.15) is 22.3 Å². The second kappa shape index (κ2) is 12.7. The fourth-order valence-electron chi connectivity index (χ4n) is 9.35. The monoisotopic (exact) mass is 718 g/mol. The molecule has 1 spiro atoms. The Morgan fingerprint density at radius 2 is 0.804 bits per heavy atom. The van der Waals surface area contributed by atoms with E-state index in [1.54, 1.807) is 12.1 Å². The van der Waals surface area contributed by atoms with Crippen molar-refractivity contribution >= 4 is 44.9 Å². The van der Waals surface area contributed by atoms with E-state index in [1.807, 2.05) is 12.1 Å². The van der Waals surface area contributed by atoms with Crippen LogP contribution in [0.25, 0.3) is 33.0 Å². The Labute approximate surface area is 326 Å². The fraction of sp³-hybridized carbons (Fsp3) is 0.0189. The van der Waals surface area contributed by atoms with Crippen molar-refractivity contribution in [2.75, 3.05) is 9.80 Å². The SMILES string of the molecule is Fc1ccc2c(c1)C1(c3ccccc3N(c3ccc(-c4ccccc4)cc3)c3ccccc31)c1ccccc1N2c1ccc(-c2cccc3ccccc23)cc1. The van der Waals surface area contributed by atoms with E-state index >= 15 is 4.39 Å². The Morgan fingerprint density at radius 1 is 0.339 bits per heavy atom. The Hall–Kier alpha value is -7.23. The molecule has 0 fully saturated rings. The maximum Gasteiger partial charge on any atom is 0.123 e. The number of para-hydroxylation sites is 3. The molecule has 0 N–H and O–H groups in total. The zero-order valence-electron chi connectivity index (χ0n) is 30.5. The van der Waals surface area contributed by atoms with Gasteiger partial charge in [0.15, 0.2) is 0 Å². The molecule has 2 aliphatic heterocycles. The van der Waals surface area contributed by atoms with Crippen LogP contribution < -0.4 is 9.80 Å². The molecule has 2 heterocycles. The molecule has 0 aliphatic carbocycles. The third-order valence-corrected chi connectivity index (χ3v) is 11.7. The largest absolute Gasteiger partial charge is 0.310 e. The van der Waals surface area contributed by atoms with E-state index in [0.717, 1.165) is 61.9 Å². The summed E-state index contributed by atoms with van der Waals surface area (Å²) in [4.78, 5) is 4.67. The average Bonchev–Trinajstić information content (AvgIpc) is 3.27. The first-order valence-corrected chi connectivity index (χ1v) is 19.1. The van der Waals surface area contributed by atoms with Crippen molar-refractivity contribution in [2.24, 2.45) is 0 Å². The number of nitrogens with zero attached hydrogens (tertiary/aromatic N) is 2. The van der Waals surface area contributed by atoms with Gasteiger partial charge in [0.25, 0.3) is 0 Å². The number of halogens is 1. The molecule has 0 saturated heterocycles. The number of benzene rings is 9. The van der Waals surface area contributed by atoms with Gasteiger partial charge in [0.1, 0.15) is 5.82 Å². The summed E-state index contributed by atoms with van der Waals surface area (Å²) in [6, 6.07) is 74.4. The molecule has 0 aromatic heterocycles. The van der Waals surface area contributed by atoms with Gasteiger partial charge in [0.05, 0.1) is 28.2 Å². The van der Waals surface area contributed by atoms with E-state index in [9.17, 15) is 0 Å². The standard InChI is InChI=1S/C53H35FN2/c54-40-29-34-52-48(35-40)53(47-21-8-11-24-51(47)56(52)42-32-27-39(28-33-42)44-18-12-16-38-15-4-5-17-43(38)44)45-19-6-9-22-49(45)55(50-23-10-7-20-46(50)53)41-30-25-37(26-31-41)36-13-2-1-3-14-36/h1-35H. The van der Waals surface area contributed by atoms with Gasteiger partial charge < -0.3 is 9.80 Å². The lowest BCUT2D eigenvalue weighted by Gasteiger charge is -2.51. The van der Waals surface area contributed by atoms with Crippen LogP contribution in [0.2, 0.25) is 0 Å². The molecule has 0 radical (unpaired) electrons. The highest BCUT2D eigenvalue weighted by Crippen LogP contribution is 2.64. The molecule has 0 unspecified atom stereocenters. The molecule has 2 nitrogen and oxygen atoms in total. The zero-order valence-corrected chi connectivity index (χ0v) is 30.5. The average molecular weight is 719 g/mol. The molecule has 0 atom stereocenters. The Bertz CT molecular complexity index is 2880. The summed E-state index contributed by atoms with van der Waals surface area (Å²) < 4.78 is 15.9. The summed E-state index contributed by atoms with van der Waals surface area (Å²) in [6.45, 7) is 0. The second-order valence-corrected chi connectivity index (χ2v) is 14.6. The van der Waals surface area contributed by atoms with Gasteiger partial charge in [0.2, 0.25) is 0 Å². The van der Waals surface area contributed by atoms with Crippen LogP contribution in [0, 0.1) is 5.82 Å². The van der Waals surface area contributed by atoms with Crippen LogP contribution in [0.3, 0.4) is 0 Å². The number of rotatable bonds is 4. The minimum Gasteiger partial charge on any atom is -0.310 e. The van der Waals surface area contributed by atoms with Crippen molar-refractivity contribution in [3.05, 3.63) is 240 Å². The van der Waals surface area contributed by atoms with Crippen molar-refractivity contribution in [3.63, 3.8) is 0 Å². The van der Waals surface area contributed by atoms with E-state index in [1.165, 1.54) is 27.5 Å². The van der Waals surface area contributed by atoms with Gasteiger partial charge >= 0.3 is 0 Å². The van der Waals surface area contributed by atoms with Crippen molar-refractivity contribution < 1.29 is 4.39 Å². The predicted molar refractivity (Wildman–Crippen MR) is 230 cm³/mol. The summed E-state index contributed by atoms with van der Waals surface area (Å²) in [5.41, 5.74) is 14.4. The van der Waals surface area contributed by atoms with Gasteiger partial charge in [-0.25, -0.2) is 4.39 Å². The van der Waals surface area contributed by atoms with Gasteiger partial charge in [-0.15, -0.1) is 0 Å². The summed E-state index contributed by atoms with van der Waals surface area (Å²) in [5.74, 6) is -0.261. The highest BCUT2D eigenvalue weighted by molar-refractivity contribution is 5.99. The van der Waals surface area contributed by atoms with E-state index in [0.29, 0.717) is 0 Å². The van der Waals surface area contributed by atoms with E-state index < -0.39 is 5.41 Å². The van der Waals surface area contributed by atoms with E-state index in [-0.39, 0.29) is 5.82 Å². The quantitative estimate of drug-likeness (QED) is 0.179. The molecular weight excluding hydrogens is 684 g/mol. The summed E-state index contributed by atoms with van der Waals surface area (Å²) in [6.07, 6.45) is 0. The topological polar surface area (TPSA) is 6.48 Å². The van der Waals surface area contributed by atoms with Gasteiger partial charge in [-0.1, -0.05) is 152 Å². The van der Waals surface area contributed by atoms with E-state index in [4.69, 9.17) is 0 Å². The minimum absolute atomic E-state index is 0.261. The van der Waals surface area contributed by atoms with Crippen LogP contribution >= 0.6 is 0 Å². The normalized spacial score (nSPS) is 13.5. The van der Waals surface area contributed by atoms with Gasteiger partial charge in [-0.2, -0.15) is 0 Å². The predicted octanol–water partition coefficient (Wildman–Crippen LogP) is 14.3. The molecule has 264 valence electrons. The summed E-state index contributed by atoms with van der Waals surface area (Å²) >= 11 is 0. The maximum absolute atomic E-state index is 15.9. The smallest absolute Gasteiger partial charge is 0.123 e. The number of hydrogen-bond donors (Lipinski definition) is 0. The van der Waals surface area contributed by atoms with Crippen molar-refractivity contribution in [3.8, 4) is 22.3 Å². The number of fused-ring (bicyclic) bond motifs is 9. The molecule has 9 aromatic carbocycles. The lowest BCUT2D eigenvalue weighted by atomic mass is 9.60. The first-order valence-electron chi connectivity index (χ1n) is 19.1. The van der Waals surface area contributed by atoms with Crippen molar-refractivity contribution in [2.45, 2.75) is 5.41 Å². The molecule has 0 bridgehead atoms. The lowest BCUT2D eigenvalue weighted by molar-refractivity contribution is 0.617. The molecule has 11 rings (SSSR count). The Kier molecular flexibility index (Phi) is 7.30. The number of hydrogen-bond acceptors (Lipinski definition) is 2. The molecule has 0 amide bonds. The second-order valence-electron chi connectivity index (χ2n) is 14.6. The van der Waals surface area contributed by atoms with Gasteiger partial charge in [0, 0.05) is 11.4 Å². The van der Waals surface area contributed by atoms with Crippen molar-refractivity contribution in [1.29, 1.82) is 0 Å². The summed E-state index contributed by atoms with van der Waals surface area (Å²) in [5, 5.41) is 2.45. The highest BCUT2D eigenvalue weighted by Gasteiger charge is 2.51. The molecular formula is C53H35FN2. The third kappa shape index (κ3) is 4.74. The fourth-order valence-corrected chi connectivity index (χ4v) is 9.35. The zero-order chi connectivity index (χ0) is 37.2. The number of anilines is 6. The van der Waals surface area contributed by atoms with Crippen LogP contribution in [-0.4, -0.2) is 0 Å². The first kappa shape index (κ1) is 32.2. The van der Waals surface area contributed by atoms with Gasteiger partial charge in [-0.05, 0) is 116 Å². The first-order chi connectivity index (χ1) is 27.7. The molecule has 3 heteroatoms. The maximum atomic E-state index is 15.9.